The van der Waals surface area contributed by atoms with E-state index >= 15 is 0 Å². The van der Waals surface area contributed by atoms with Gasteiger partial charge in [0.1, 0.15) is 11.5 Å². The number of amides is 1. The molecule has 0 spiro atoms. The average molecular weight is 401 g/mol. The first-order chi connectivity index (χ1) is 13.5. The van der Waals surface area contributed by atoms with Gasteiger partial charge in [-0.3, -0.25) is 9.59 Å². The van der Waals surface area contributed by atoms with Crippen molar-refractivity contribution in [2.24, 2.45) is 0 Å². The highest BCUT2D eigenvalue weighted by Crippen LogP contribution is 2.41. The van der Waals surface area contributed by atoms with Crippen LogP contribution in [0.25, 0.3) is 5.76 Å². The van der Waals surface area contributed by atoms with Gasteiger partial charge in [-0.25, -0.2) is 0 Å². The number of aliphatic hydroxyl groups is 1. The van der Waals surface area contributed by atoms with Crippen molar-refractivity contribution in [3.05, 3.63) is 57.3 Å². The Labute approximate surface area is 168 Å². The quantitative estimate of drug-likeness (QED) is 0.332. The zero-order valence-electron chi connectivity index (χ0n) is 16.1. The molecular formula is C21H23NO5S. The molecular weight excluding hydrogens is 378 g/mol. The molecule has 3 rings (SSSR count). The van der Waals surface area contributed by atoms with Gasteiger partial charge in [0.25, 0.3) is 11.7 Å². The number of rotatable bonds is 7. The summed E-state index contributed by atoms with van der Waals surface area (Å²) in [5.74, 6) is -0.744. The number of ether oxygens (including phenoxy) is 2. The van der Waals surface area contributed by atoms with Gasteiger partial charge in [-0.1, -0.05) is 6.07 Å². The lowest BCUT2D eigenvalue weighted by atomic mass is 9.98. The number of Topliss-reactive ketones (excluding diaryl/α,β-unsaturated/α-hetero) is 1. The Kier molecular flexibility index (Phi) is 6.16. The second-order valence-electron chi connectivity index (χ2n) is 6.54. The normalized spacial score (nSPS) is 18.7. The molecule has 1 fully saturated rings. The molecule has 1 amide bonds. The summed E-state index contributed by atoms with van der Waals surface area (Å²) in [6.07, 6.45) is 0.604. The topological polar surface area (TPSA) is 76.1 Å². The van der Waals surface area contributed by atoms with E-state index in [1.165, 1.54) is 16.2 Å². The van der Waals surface area contributed by atoms with E-state index in [1.54, 1.807) is 32.4 Å². The SMILES string of the molecule is COCCCN1C(=O)C(=O)/C(=C(/O)c2ccc(OC)c(C)c2)[C@@H]1c1cccs1. The highest BCUT2D eigenvalue weighted by atomic mass is 32.1. The standard InChI is InChI=1S/C21H23NO5S/c1-13-12-14(7-8-15(13)27-3)19(23)17-18(16-6-4-11-28-16)22(9-5-10-26-2)21(25)20(17)24/h4,6-8,11-12,18,23H,5,9-10H2,1-3H3/b19-17+/t18-/m0/s1. The average Bonchev–Trinajstić information content (AvgIpc) is 3.30. The fourth-order valence-electron chi connectivity index (χ4n) is 3.41. The zero-order valence-corrected chi connectivity index (χ0v) is 16.9. The van der Waals surface area contributed by atoms with Crippen LogP contribution in [0.3, 0.4) is 0 Å². The molecule has 1 N–H and O–H groups in total. The molecule has 0 bridgehead atoms. The van der Waals surface area contributed by atoms with E-state index in [0.717, 1.165) is 10.4 Å². The molecule has 2 heterocycles. The van der Waals surface area contributed by atoms with Crippen molar-refractivity contribution in [1.82, 2.24) is 4.90 Å². The first-order valence-corrected chi connectivity index (χ1v) is 9.83. The third kappa shape index (κ3) is 3.68. The van der Waals surface area contributed by atoms with Crippen molar-refractivity contribution in [2.75, 3.05) is 27.4 Å². The van der Waals surface area contributed by atoms with Crippen molar-refractivity contribution >= 4 is 28.8 Å². The number of aryl methyl sites for hydroxylation is 1. The number of benzene rings is 1. The number of carbonyl (C=O) groups is 2. The van der Waals surface area contributed by atoms with Crippen LogP contribution in [0.2, 0.25) is 0 Å². The van der Waals surface area contributed by atoms with Gasteiger partial charge in [0.2, 0.25) is 0 Å². The summed E-state index contributed by atoms with van der Waals surface area (Å²) in [4.78, 5) is 27.9. The zero-order chi connectivity index (χ0) is 20.3. The molecule has 1 aliphatic rings. The molecule has 148 valence electrons. The van der Waals surface area contributed by atoms with E-state index < -0.39 is 17.7 Å². The van der Waals surface area contributed by atoms with E-state index in [2.05, 4.69) is 0 Å². The van der Waals surface area contributed by atoms with Gasteiger partial charge in [0.15, 0.2) is 0 Å². The summed E-state index contributed by atoms with van der Waals surface area (Å²) in [7, 11) is 3.17. The number of nitrogens with zero attached hydrogens (tertiary/aromatic N) is 1. The summed E-state index contributed by atoms with van der Waals surface area (Å²) >= 11 is 1.45. The second kappa shape index (κ2) is 8.58. The molecule has 6 nitrogen and oxygen atoms in total. The minimum Gasteiger partial charge on any atom is -0.507 e. The van der Waals surface area contributed by atoms with Gasteiger partial charge in [-0.05, 0) is 48.6 Å². The summed E-state index contributed by atoms with van der Waals surface area (Å²) in [6, 6.07) is 8.31. The maximum Gasteiger partial charge on any atom is 0.295 e. The van der Waals surface area contributed by atoms with Crippen molar-refractivity contribution in [1.29, 1.82) is 0 Å². The summed E-state index contributed by atoms with van der Waals surface area (Å²) in [5.41, 5.74) is 1.43. The lowest BCUT2D eigenvalue weighted by Gasteiger charge is -2.24. The van der Waals surface area contributed by atoms with E-state index in [4.69, 9.17) is 9.47 Å². The Morgan fingerprint density at radius 3 is 2.64 bits per heavy atom. The maximum absolute atomic E-state index is 12.8. The van der Waals surface area contributed by atoms with Gasteiger partial charge < -0.3 is 19.5 Å². The van der Waals surface area contributed by atoms with E-state index in [9.17, 15) is 14.7 Å². The van der Waals surface area contributed by atoms with E-state index in [0.29, 0.717) is 30.9 Å². The van der Waals surface area contributed by atoms with Gasteiger partial charge in [-0.2, -0.15) is 0 Å². The Morgan fingerprint density at radius 1 is 1.25 bits per heavy atom. The second-order valence-corrected chi connectivity index (χ2v) is 7.52. The van der Waals surface area contributed by atoms with Crippen LogP contribution in [0, 0.1) is 6.92 Å². The number of methoxy groups -OCH3 is 2. The van der Waals surface area contributed by atoms with Crippen LogP contribution in [-0.4, -0.2) is 49.1 Å². The fourth-order valence-corrected chi connectivity index (χ4v) is 4.26. The number of ketones is 1. The molecule has 1 aliphatic heterocycles. The largest absolute Gasteiger partial charge is 0.507 e. The molecule has 1 aromatic carbocycles. The van der Waals surface area contributed by atoms with Crippen LogP contribution >= 0.6 is 11.3 Å². The monoisotopic (exact) mass is 401 g/mol. The Morgan fingerprint density at radius 2 is 2.04 bits per heavy atom. The number of hydrogen-bond donors (Lipinski definition) is 1. The van der Waals surface area contributed by atoms with Crippen LogP contribution in [0.4, 0.5) is 0 Å². The smallest absolute Gasteiger partial charge is 0.295 e. The van der Waals surface area contributed by atoms with E-state index in [-0.39, 0.29) is 11.3 Å². The Balaban J connectivity index is 2.08. The number of aliphatic hydroxyl groups excluding tert-OH is 1. The van der Waals surface area contributed by atoms with Crippen molar-refractivity contribution in [3.63, 3.8) is 0 Å². The predicted octanol–water partition coefficient (Wildman–Crippen LogP) is 3.52. The lowest BCUT2D eigenvalue weighted by Crippen LogP contribution is -2.31. The fraction of sp³-hybridized carbons (Fsp3) is 0.333. The molecule has 7 heteroatoms. The molecule has 0 radical (unpaired) electrons. The highest BCUT2D eigenvalue weighted by molar-refractivity contribution is 7.10. The Hall–Kier alpha value is -2.64. The number of carbonyl (C=O) groups excluding carboxylic acids is 2. The minimum atomic E-state index is -0.665. The van der Waals surface area contributed by atoms with Crippen LogP contribution in [0.1, 0.15) is 28.5 Å². The van der Waals surface area contributed by atoms with Gasteiger partial charge >= 0.3 is 0 Å². The third-order valence-electron chi connectivity index (χ3n) is 4.77. The first-order valence-electron chi connectivity index (χ1n) is 8.95. The predicted molar refractivity (Wildman–Crippen MR) is 108 cm³/mol. The molecule has 2 aromatic rings. The maximum atomic E-state index is 12.8. The lowest BCUT2D eigenvalue weighted by molar-refractivity contribution is -0.140. The molecule has 1 saturated heterocycles. The van der Waals surface area contributed by atoms with Crippen LogP contribution in [-0.2, 0) is 14.3 Å². The molecule has 0 saturated carbocycles. The molecule has 1 aromatic heterocycles. The summed E-state index contributed by atoms with van der Waals surface area (Å²) in [6.45, 7) is 2.72. The third-order valence-corrected chi connectivity index (χ3v) is 5.69. The molecule has 0 aliphatic carbocycles. The number of hydrogen-bond acceptors (Lipinski definition) is 6. The first kappa shape index (κ1) is 20.1. The van der Waals surface area contributed by atoms with Gasteiger partial charge in [-0.15, -0.1) is 11.3 Å². The van der Waals surface area contributed by atoms with Gasteiger partial charge in [0, 0.05) is 30.7 Å². The summed E-state index contributed by atoms with van der Waals surface area (Å²) in [5, 5.41) is 12.9. The minimum absolute atomic E-state index is 0.120. The number of thiophene rings is 1. The van der Waals surface area contributed by atoms with Crippen LogP contribution < -0.4 is 4.74 Å². The van der Waals surface area contributed by atoms with Crippen molar-refractivity contribution < 1.29 is 24.2 Å². The summed E-state index contributed by atoms with van der Waals surface area (Å²) < 4.78 is 10.3. The van der Waals surface area contributed by atoms with E-state index in [1.807, 2.05) is 24.4 Å². The highest BCUT2D eigenvalue weighted by Gasteiger charge is 2.46. The molecule has 0 unspecified atom stereocenters. The number of likely N-dealkylation sites (tertiary alicyclic amines) is 1. The molecule has 28 heavy (non-hydrogen) atoms. The Bertz CT molecular complexity index is 904. The van der Waals surface area contributed by atoms with Crippen molar-refractivity contribution in [2.45, 2.75) is 19.4 Å². The van der Waals surface area contributed by atoms with Crippen LogP contribution in [0.15, 0.2) is 41.3 Å². The van der Waals surface area contributed by atoms with Crippen LogP contribution in [0.5, 0.6) is 5.75 Å². The van der Waals surface area contributed by atoms with Crippen molar-refractivity contribution in [3.8, 4) is 5.75 Å². The molecule has 1 atom stereocenters. The van der Waals surface area contributed by atoms with Gasteiger partial charge in [0.05, 0.1) is 18.7 Å².